The first kappa shape index (κ1) is 47.0. The van der Waals surface area contributed by atoms with Gasteiger partial charge in [0.2, 0.25) is 0 Å². The molecule has 15 rings (SSSR count). The zero-order valence-electron chi connectivity index (χ0n) is 44.2. The second kappa shape index (κ2) is 19.9. The van der Waals surface area contributed by atoms with Gasteiger partial charge in [0.05, 0.1) is 22.1 Å². The number of allylic oxidation sites excluding steroid dienone is 4. The maximum atomic E-state index is 2.43. The lowest BCUT2D eigenvalue weighted by Gasteiger charge is -2.12. The van der Waals surface area contributed by atoms with Crippen molar-refractivity contribution < 1.29 is 0 Å². The molecule has 1 aliphatic rings. The SMILES string of the molecule is C1=CC(c2cccc(-c3cccc(-c4cccc(-c5ccc(-c6ccc(-c7cccc(-n8c9ccccc9c9cc(-c%10ccc%11c(c%10)c%10ccccc%10n%11-c%10cccc(-c%11ccccc%11)c%10)ccc98)c7)cc6)cc5)c4)c3)c2)=CCC1. The maximum Gasteiger partial charge on any atom is 0.0541 e. The quantitative estimate of drug-likeness (QED) is 0.129. The Morgan fingerprint density at radius 2 is 0.537 bits per heavy atom. The molecule has 0 saturated heterocycles. The Kier molecular flexibility index (Phi) is 11.7. The van der Waals surface area contributed by atoms with Crippen molar-refractivity contribution >= 4 is 49.2 Å². The summed E-state index contributed by atoms with van der Waals surface area (Å²) in [6.45, 7) is 0. The summed E-state index contributed by atoms with van der Waals surface area (Å²) in [5, 5.41) is 4.96. The Labute approximate surface area is 466 Å². The molecule has 14 aromatic rings. The van der Waals surface area contributed by atoms with Gasteiger partial charge in [0, 0.05) is 32.9 Å². The lowest BCUT2D eigenvalue weighted by atomic mass is 9.93. The minimum Gasteiger partial charge on any atom is -0.309 e. The van der Waals surface area contributed by atoms with E-state index in [1.807, 2.05) is 0 Å². The van der Waals surface area contributed by atoms with E-state index in [0.29, 0.717) is 0 Å². The first-order valence-electron chi connectivity index (χ1n) is 27.9. The van der Waals surface area contributed by atoms with Crippen LogP contribution in [0.4, 0.5) is 0 Å². The van der Waals surface area contributed by atoms with Crippen molar-refractivity contribution in [1.82, 2.24) is 9.13 Å². The number of hydrogen-bond donors (Lipinski definition) is 0. The second-order valence-electron chi connectivity index (χ2n) is 21.2. The van der Waals surface area contributed by atoms with Crippen LogP contribution in [-0.2, 0) is 0 Å². The molecular weight excluding hydrogens is 965 g/mol. The van der Waals surface area contributed by atoms with Crippen molar-refractivity contribution in [2.45, 2.75) is 12.8 Å². The molecule has 0 radical (unpaired) electrons. The van der Waals surface area contributed by atoms with E-state index < -0.39 is 0 Å². The van der Waals surface area contributed by atoms with E-state index in [1.165, 1.54) is 133 Å². The highest BCUT2D eigenvalue weighted by atomic mass is 15.0. The zero-order chi connectivity index (χ0) is 52.9. The molecule has 0 N–H and O–H groups in total. The molecule has 2 aromatic heterocycles. The Balaban J connectivity index is 0.693. The number of hydrogen-bond acceptors (Lipinski definition) is 0. The highest BCUT2D eigenvalue weighted by molar-refractivity contribution is 6.13. The van der Waals surface area contributed by atoms with E-state index in [-0.39, 0.29) is 0 Å². The summed E-state index contributed by atoms with van der Waals surface area (Å²) >= 11 is 0. The fourth-order valence-corrected chi connectivity index (χ4v) is 12.3. The topological polar surface area (TPSA) is 9.86 Å². The van der Waals surface area contributed by atoms with Crippen molar-refractivity contribution in [3.05, 3.63) is 309 Å². The van der Waals surface area contributed by atoms with Gasteiger partial charge in [-0.1, -0.05) is 224 Å². The number of benzene rings is 12. The molecule has 0 saturated carbocycles. The molecule has 2 heteroatoms. The molecule has 376 valence electrons. The number of fused-ring (bicyclic) bond motifs is 6. The third kappa shape index (κ3) is 8.55. The van der Waals surface area contributed by atoms with Crippen molar-refractivity contribution in [3.63, 3.8) is 0 Å². The van der Waals surface area contributed by atoms with Gasteiger partial charge in [0.25, 0.3) is 0 Å². The molecule has 0 bridgehead atoms. The molecule has 0 amide bonds. The second-order valence-corrected chi connectivity index (χ2v) is 21.2. The van der Waals surface area contributed by atoms with Gasteiger partial charge in [0.1, 0.15) is 0 Å². The van der Waals surface area contributed by atoms with Gasteiger partial charge in [0.15, 0.2) is 0 Å². The minimum absolute atomic E-state index is 1.10. The fourth-order valence-electron chi connectivity index (χ4n) is 12.3. The van der Waals surface area contributed by atoms with Crippen LogP contribution in [0.5, 0.6) is 0 Å². The monoisotopic (exact) mass is 1020 g/mol. The third-order valence-corrected chi connectivity index (χ3v) is 16.3. The first-order valence-corrected chi connectivity index (χ1v) is 27.9. The average molecular weight is 1020 g/mol. The van der Waals surface area contributed by atoms with Gasteiger partial charge in [-0.05, 0) is 181 Å². The van der Waals surface area contributed by atoms with Gasteiger partial charge in [-0.25, -0.2) is 0 Å². The highest BCUT2D eigenvalue weighted by Crippen LogP contribution is 2.40. The van der Waals surface area contributed by atoms with Crippen LogP contribution in [0, 0.1) is 0 Å². The number of aromatic nitrogens is 2. The van der Waals surface area contributed by atoms with E-state index in [0.717, 1.165) is 24.2 Å². The summed E-state index contributed by atoms with van der Waals surface area (Å²) in [6, 6.07) is 105. The van der Waals surface area contributed by atoms with E-state index in [1.54, 1.807) is 0 Å². The minimum atomic E-state index is 1.10. The molecule has 80 heavy (non-hydrogen) atoms. The molecular formula is C78H54N2. The summed E-state index contributed by atoms with van der Waals surface area (Å²) < 4.78 is 4.84. The number of rotatable bonds is 10. The van der Waals surface area contributed by atoms with Crippen LogP contribution < -0.4 is 0 Å². The smallest absolute Gasteiger partial charge is 0.0541 e. The third-order valence-electron chi connectivity index (χ3n) is 16.3. The summed E-state index contributed by atoms with van der Waals surface area (Å²) in [5.41, 5.74) is 26.5. The average Bonchev–Trinajstić information content (AvgIpc) is 4.22. The van der Waals surface area contributed by atoms with Crippen molar-refractivity contribution in [2.75, 3.05) is 0 Å². The normalized spacial score (nSPS) is 12.4. The van der Waals surface area contributed by atoms with Crippen LogP contribution in [0.1, 0.15) is 18.4 Å². The highest BCUT2D eigenvalue weighted by Gasteiger charge is 2.18. The van der Waals surface area contributed by atoms with Gasteiger partial charge in [-0.15, -0.1) is 0 Å². The van der Waals surface area contributed by atoms with Crippen molar-refractivity contribution in [1.29, 1.82) is 0 Å². The standard InChI is InChI=1S/C78H54N2/c1-3-16-53(17-4-1)59-20-11-22-61(46-59)63-24-13-25-64(48-63)62-23-12-21-60(47-62)57-38-34-55(35-39-57)56-36-40-58(41-37-56)66-27-15-29-70(50-66)80-76-33-10-8-31-72(76)74-52-68(43-45-78(74)80)67-42-44-77-73(51-67)71-30-7-9-32-75(71)79(77)69-28-14-26-65(49-69)54-18-5-2-6-19-54/h2-3,5-52H,1,4H2. The van der Waals surface area contributed by atoms with Crippen LogP contribution in [-0.4, -0.2) is 9.13 Å². The van der Waals surface area contributed by atoms with Gasteiger partial charge < -0.3 is 9.13 Å². The molecule has 0 spiro atoms. The van der Waals surface area contributed by atoms with E-state index in [9.17, 15) is 0 Å². The molecule has 2 heterocycles. The van der Waals surface area contributed by atoms with Gasteiger partial charge in [-0.2, -0.15) is 0 Å². The molecule has 0 aliphatic heterocycles. The Hall–Kier alpha value is -10.3. The predicted molar refractivity (Wildman–Crippen MR) is 340 cm³/mol. The molecule has 1 aliphatic carbocycles. The Morgan fingerprint density at radius 3 is 1.00 bits per heavy atom. The van der Waals surface area contributed by atoms with Crippen molar-refractivity contribution in [2.24, 2.45) is 0 Å². The van der Waals surface area contributed by atoms with Gasteiger partial charge in [-0.3, -0.25) is 0 Å². The maximum absolute atomic E-state index is 2.43. The number of para-hydroxylation sites is 2. The largest absolute Gasteiger partial charge is 0.309 e. The Bertz CT molecular complexity index is 4740. The van der Waals surface area contributed by atoms with E-state index in [4.69, 9.17) is 0 Å². The molecule has 0 unspecified atom stereocenters. The fraction of sp³-hybridized carbons (Fsp3) is 0.0256. The summed E-state index contributed by atoms with van der Waals surface area (Å²) in [5.74, 6) is 0. The van der Waals surface area contributed by atoms with Crippen LogP contribution in [0.15, 0.2) is 303 Å². The van der Waals surface area contributed by atoms with Gasteiger partial charge >= 0.3 is 0 Å². The van der Waals surface area contributed by atoms with Crippen LogP contribution >= 0.6 is 0 Å². The molecule has 2 nitrogen and oxygen atoms in total. The van der Waals surface area contributed by atoms with E-state index in [2.05, 4.69) is 312 Å². The molecule has 0 atom stereocenters. The summed E-state index contributed by atoms with van der Waals surface area (Å²) in [7, 11) is 0. The number of nitrogens with zero attached hydrogens (tertiary/aromatic N) is 2. The van der Waals surface area contributed by atoms with Crippen LogP contribution in [0.2, 0.25) is 0 Å². The lowest BCUT2D eigenvalue weighted by molar-refractivity contribution is 1.04. The first-order chi connectivity index (χ1) is 39.6. The predicted octanol–water partition coefficient (Wildman–Crippen LogP) is 21.3. The zero-order valence-corrected chi connectivity index (χ0v) is 44.2. The van der Waals surface area contributed by atoms with Crippen molar-refractivity contribution in [3.8, 4) is 89.3 Å². The Morgan fingerprint density at radius 1 is 0.212 bits per heavy atom. The summed E-state index contributed by atoms with van der Waals surface area (Å²) in [6.07, 6.45) is 9.10. The summed E-state index contributed by atoms with van der Waals surface area (Å²) in [4.78, 5) is 0. The van der Waals surface area contributed by atoms with Crippen LogP contribution in [0.3, 0.4) is 0 Å². The van der Waals surface area contributed by atoms with E-state index >= 15 is 0 Å². The molecule has 12 aromatic carbocycles. The lowest BCUT2D eigenvalue weighted by Crippen LogP contribution is -1.94. The van der Waals surface area contributed by atoms with Crippen LogP contribution in [0.25, 0.3) is 138 Å². The molecule has 0 fully saturated rings.